The van der Waals surface area contributed by atoms with Crippen molar-refractivity contribution in [2.75, 3.05) is 0 Å². The SMILES string of the molecule is O=C(C(Cl)(Cl)Cl)C(Cl)(Cl)Cl.c1ccc(P(c2ccccc2)c2ccccc2)cc1. The van der Waals surface area contributed by atoms with Crippen LogP contribution in [-0.4, -0.2) is 13.4 Å². The second-order valence-electron chi connectivity index (χ2n) is 5.67. The van der Waals surface area contributed by atoms with E-state index in [9.17, 15) is 4.79 Å². The first-order valence-electron chi connectivity index (χ1n) is 8.24. The molecule has 0 heterocycles. The van der Waals surface area contributed by atoms with E-state index in [1.54, 1.807) is 0 Å². The van der Waals surface area contributed by atoms with Gasteiger partial charge >= 0.3 is 0 Å². The summed E-state index contributed by atoms with van der Waals surface area (Å²) < 4.78 is -4.35. The molecule has 0 aliphatic heterocycles. The molecule has 0 amide bonds. The molecule has 3 aromatic rings. The molecule has 8 heteroatoms. The predicted octanol–water partition coefficient (Wildman–Crippen LogP) is 6.74. The minimum absolute atomic E-state index is 0.446. The van der Waals surface area contributed by atoms with Gasteiger partial charge in [0.2, 0.25) is 5.78 Å². The molecule has 0 saturated heterocycles. The minimum atomic E-state index is -2.18. The molecule has 1 nitrogen and oxygen atoms in total. The lowest BCUT2D eigenvalue weighted by Gasteiger charge is -2.18. The highest BCUT2D eigenvalue weighted by molar-refractivity contribution is 7.79. The lowest BCUT2D eigenvalue weighted by molar-refractivity contribution is -0.117. The molecule has 0 unspecified atom stereocenters. The predicted molar refractivity (Wildman–Crippen MR) is 131 cm³/mol. The van der Waals surface area contributed by atoms with Gasteiger partial charge in [-0.15, -0.1) is 0 Å². The van der Waals surface area contributed by atoms with Crippen LogP contribution in [0.4, 0.5) is 0 Å². The molecular weight excluding hydrogens is 512 g/mol. The van der Waals surface area contributed by atoms with E-state index in [1.165, 1.54) is 15.9 Å². The van der Waals surface area contributed by atoms with Crippen LogP contribution in [0.1, 0.15) is 0 Å². The molecule has 152 valence electrons. The number of alkyl halides is 6. The highest BCUT2D eigenvalue weighted by Crippen LogP contribution is 2.39. The molecule has 0 aromatic heterocycles. The van der Waals surface area contributed by atoms with Crippen LogP contribution >= 0.6 is 77.5 Å². The Hall–Kier alpha value is -0.500. The van der Waals surface area contributed by atoms with Crippen LogP contribution in [0, 0.1) is 0 Å². The molecule has 0 spiro atoms. The van der Waals surface area contributed by atoms with Crippen molar-refractivity contribution >= 4 is 99.2 Å². The molecule has 3 rings (SSSR count). The van der Waals surface area contributed by atoms with Crippen LogP contribution in [0.3, 0.4) is 0 Å². The third kappa shape index (κ3) is 7.93. The van der Waals surface area contributed by atoms with Crippen LogP contribution in [0.5, 0.6) is 0 Å². The highest BCUT2D eigenvalue weighted by atomic mass is 35.6. The molecule has 3 aromatic carbocycles. The number of rotatable bonds is 3. The quantitative estimate of drug-likeness (QED) is 0.273. The van der Waals surface area contributed by atoms with Crippen molar-refractivity contribution in [3.8, 4) is 0 Å². The second kappa shape index (κ2) is 11.2. The van der Waals surface area contributed by atoms with E-state index in [0.717, 1.165) is 0 Å². The van der Waals surface area contributed by atoms with Gasteiger partial charge in [0.25, 0.3) is 7.59 Å². The number of hydrogen-bond acceptors (Lipinski definition) is 1. The maximum atomic E-state index is 10.7. The summed E-state index contributed by atoms with van der Waals surface area (Å²) in [6.45, 7) is 0. The van der Waals surface area contributed by atoms with Crippen molar-refractivity contribution in [1.29, 1.82) is 0 Å². The third-order valence-electron chi connectivity index (χ3n) is 3.56. The Labute approximate surface area is 201 Å². The largest absolute Gasteiger partial charge is 0.290 e. The van der Waals surface area contributed by atoms with Crippen LogP contribution in [0.2, 0.25) is 0 Å². The first-order chi connectivity index (χ1) is 13.6. The average molecular weight is 527 g/mol. The normalized spacial score (nSPS) is 11.6. The van der Waals surface area contributed by atoms with Crippen LogP contribution in [0.25, 0.3) is 0 Å². The molecular formula is C21H15Cl6OP. The number of carbonyl (C=O) groups is 1. The number of benzene rings is 3. The van der Waals surface area contributed by atoms with Crippen molar-refractivity contribution in [3.63, 3.8) is 0 Å². The number of Topliss-reactive ketones (excluding diaryl/α,β-unsaturated/α-hetero) is 1. The van der Waals surface area contributed by atoms with Gasteiger partial charge in [-0.1, -0.05) is 161 Å². The number of carbonyl (C=O) groups excluding carboxylic acids is 1. The lowest BCUT2D eigenvalue weighted by Crippen LogP contribution is -2.31. The fourth-order valence-corrected chi connectivity index (χ4v) is 5.93. The van der Waals surface area contributed by atoms with Gasteiger partial charge < -0.3 is 0 Å². The summed E-state index contributed by atoms with van der Waals surface area (Å²) in [5.74, 6) is -1.09. The van der Waals surface area contributed by atoms with E-state index in [2.05, 4.69) is 91.0 Å². The smallest absolute Gasteiger partial charge is 0.253 e. The topological polar surface area (TPSA) is 17.1 Å². The molecule has 0 saturated carbocycles. The molecule has 0 N–H and O–H groups in total. The first-order valence-corrected chi connectivity index (χ1v) is 11.9. The summed E-state index contributed by atoms with van der Waals surface area (Å²) in [4.78, 5) is 10.7. The van der Waals surface area contributed by atoms with Gasteiger partial charge in [-0.2, -0.15) is 0 Å². The van der Waals surface area contributed by atoms with Gasteiger partial charge in [0.05, 0.1) is 0 Å². The number of halogens is 6. The van der Waals surface area contributed by atoms with E-state index >= 15 is 0 Å². The second-order valence-corrected chi connectivity index (χ2v) is 12.4. The van der Waals surface area contributed by atoms with Crippen molar-refractivity contribution in [3.05, 3.63) is 91.0 Å². The van der Waals surface area contributed by atoms with Crippen molar-refractivity contribution < 1.29 is 4.79 Å². The summed E-state index contributed by atoms with van der Waals surface area (Å²) in [6.07, 6.45) is 0. The zero-order valence-corrected chi connectivity index (χ0v) is 20.2. The maximum Gasteiger partial charge on any atom is 0.253 e. The summed E-state index contributed by atoms with van der Waals surface area (Å²) in [6, 6.07) is 32.3. The van der Waals surface area contributed by atoms with Gasteiger partial charge in [-0.05, 0) is 23.8 Å². The number of ketones is 1. The molecule has 29 heavy (non-hydrogen) atoms. The Morgan fingerprint density at radius 2 is 0.759 bits per heavy atom. The van der Waals surface area contributed by atoms with Crippen molar-refractivity contribution in [2.45, 2.75) is 7.59 Å². The van der Waals surface area contributed by atoms with Crippen LogP contribution < -0.4 is 15.9 Å². The minimum Gasteiger partial charge on any atom is -0.290 e. The third-order valence-corrected chi connectivity index (χ3v) is 7.03. The molecule has 0 aliphatic rings. The molecule has 0 aliphatic carbocycles. The van der Waals surface area contributed by atoms with E-state index in [0.29, 0.717) is 0 Å². The van der Waals surface area contributed by atoms with E-state index in [-0.39, 0.29) is 0 Å². The Morgan fingerprint density at radius 3 is 0.931 bits per heavy atom. The Balaban J connectivity index is 0.000000257. The average Bonchev–Trinajstić information content (AvgIpc) is 2.69. The standard InChI is InChI=1S/C18H15P.C3Cl6O/c1-4-10-16(11-5-1)19(17-12-6-2-7-13-17)18-14-8-3-9-15-18;4-2(5,6)1(10)3(7,8)9/h1-15H;. The van der Waals surface area contributed by atoms with Gasteiger partial charge in [-0.3, -0.25) is 4.79 Å². The fraction of sp³-hybridized carbons (Fsp3) is 0.0952. The Bertz CT molecular complexity index is 783. The summed E-state index contributed by atoms with van der Waals surface area (Å²) >= 11 is 30.6. The summed E-state index contributed by atoms with van der Waals surface area (Å²) in [5, 5.41) is 4.19. The van der Waals surface area contributed by atoms with Gasteiger partial charge in [0.15, 0.2) is 0 Å². The van der Waals surface area contributed by atoms with Gasteiger partial charge in [0, 0.05) is 0 Å². The first kappa shape index (κ1) is 24.8. The molecule has 0 atom stereocenters. The zero-order valence-electron chi connectivity index (χ0n) is 14.8. The van der Waals surface area contributed by atoms with Gasteiger partial charge in [0.1, 0.15) is 0 Å². The maximum absolute atomic E-state index is 10.7. The van der Waals surface area contributed by atoms with Crippen molar-refractivity contribution in [1.82, 2.24) is 0 Å². The molecule has 0 fully saturated rings. The van der Waals surface area contributed by atoms with Crippen LogP contribution in [-0.2, 0) is 4.79 Å². The Kier molecular flexibility index (Phi) is 9.58. The van der Waals surface area contributed by atoms with Crippen molar-refractivity contribution in [2.24, 2.45) is 0 Å². The zero-order chi connectivity index (χ0) is 21.5. The summed E-state index contributed by atoms with van der Waals surface area (Å²) in [5.41, 5.74) is 0. The number of hydrogen-bond donors (Lipinski definition) is 0. The lowest BCUT2D eigenvalue weighted by atomic mass is 10.4. The van der Waals surface area contributed by atoms with Crippen LogP contribution in [0.15, 0.2) is 91.0 Å². The fourth-order valence-electron chi connectivity index (χ4n) is 2.34. The monoisotopic (exact) mass is 524 g/mol. The Morgan fingerprint density at radius 1 is 0.517 bits per heavy atom. The molecule has 0 radical (unpaired) electrons. The molecule has 0 bridgehead atoms. The summed E-state index contributed by atoms with van der Waals surface area (Å²) in [7, 11) is -0.446. The highest BCUT2D eigenvalue weighted by Gasteiger charge is 2.44. The van der Waals surface area contributed by atoms with E-state index < -0.39 is 21.3 Å². The van der Waals surface area contributed by atoms with E-state index in [1.807, 2.05) is 0 Å². The van der Waals surface area contributed by atoms with E-state index in [4.69, 9.17) is 69.6 Å². The van der Waals surface area contributed by atoms with Gasteiger partial charge in [-0.25, -0.2) is 0 Å².